The molecule has 2 fully saturated rings. The molecule has 7 nitrogen and oxygen atoms in total. The van der Waals surface area contributed by atoms with Crippen LogP contribution in [-0.4, -0.2) is 36.3 Å². The van der Waals surface area contributed by atoms with Crippen molar-refractivity contribution in [2.45, 2.75) is 51.2 Å². The molecule has 168 valence electrons. The molecule has 0 radical (unpaired) electrons. The highest BCUT2D eigenvalue weighted by Gasteiger charge is 2.33. The van der Waals surface area contributed by atoms with Gasteiger partial charge in [-0.1, -0.05) is 11.6 Å². The molecular weight excluding hydrogens is 443 g/mol. The number of benzene rings is 1. The van der Waals surface area contributed by atoms with Crippen molar-refractivity contribution in [3.63, 3.8) is 0 Å². The summed E-state index contributed by atoms with van der Waals surface area (Å²) in [6.45, 7) is 4.23. The van der Waals surface area contributed by atoms with Crippen LogP contribution in [0.3, 0.4) is 0 Å². The van der Waals surface area contributed by atoms with Gasteiger partial charge in [0.2, 0.25) is 0 Å². The first-order chi connectivity index (χ1) is 16.0. The standard InChI is InChI=1S/C24H22ClFN6O/c1-12-13(2)29-24-22(28-12)21(18-6-3-16(25)8-19(18)26)30-23(31-24)14-7-20(33-11-14)15-9-27-32(10-15)17-4-5-17/h3,6,8-10,14,17,20H,4-5,7,11H2,1-2H3/t14-,20+/m1/s1. The SMILES string of the molecule is Cc1nc2nc([C@H]3CO[C@H](c4cnn(C5CC5)c4)C3)nc(-c3ccc(Cl)cc3F)c2nc1C. The quantitative estimate of drug-likeness (QED) is 0.409. The molecule has 1 aliphatic heterocycles. The molecule has 1 saturated heterocycles. The Bertz CT molecular complexity index is 1390. The van der Waals surface area contributed by atoms with Crippen molar-refractivity contribution in [1.82, 2.24) is 29.7 Å². The number of hydrogen-bond acceptors (Lipinski definition) is 6. The normalized spacial score (nSPS) is 20.6. The van der Waals surface area contributed by atoms with E-state index in [0.717, 1.165) is 23.4 Å². The minimum atomic E-state index is -0.457. The highest BCUT2D eigenvalue weighted by molar-refractivity contribution is 6.30. The van der Waals surface area contributed by atoms with Gasteiger partial charge < -0.3 is 4.74 Å². The molecule has 3 aromatic heterocycles. The van der Waals surface area contributed by atoms with E-state index < -0.39 is 5.82 Å². The summed E-state index contributed by atoms with van der Waals surface area (Å²) in [5.74, 6) is 0.0872. The van der Waals surface area contributed by atoms with Crippen LogP contribution >= 0.6 is 11.6 Å². The van der Waals surface area contributed by atoms with Gasteiger partial charge in [-0.3, -0.25) is 4.68 Å². The van der Waals surface area contributed by atoms with Gasteiger partial charge in [0.15, 0.2) is 5.65 Å². The Morgan fingerprint density at radius 3 is 2.70 bits per heavy atom. The summed E-state index contributed by atoms with van der Waals surface area (Å²) in [7, 11) is 0. The number of halogens is 2. The molecule has 1 aromatic carbocycles. The van der Waals surface area contributed by atoms with E-state index in [1.54, 1.807) is 12.1 Å². The predicted octanol–water partition coefficient (Wildman–Crippen LogP) is 5.27. The van der Waals surface area contributed by atoms with Gasteiger partial charge in [0.25, 0.3) is 0 Å². The molecule has 33 heavy (non-hydrogen) atoms. The van der Waals surface area contributed by atoms with Crippen LogP contribution in [-0.2, 0) is 4.74 Å². The Labute approximate surface area is 195 Å². The van der Waals surface area contributed by atoms with Crippen LogP contribution in [0.15, 0.2) is 30.6 Å². The van der Waals surface area contributed by atoms with Crippen LogP contribution in [0.1, 0.15) is 60.1 Å². The molecule has 1 aliphatic carbocycles. The summed E-state index contributed by atoms with van der Waals surface area (Å²) in [5.41, 5.74) is 4.28. The lowest BCUT2D eigenvalue weighted by Crippen LogP contribution is -2.09. The molecule has 0 spiro atoms. The van der Waals surface area contributed by atoms with E-state index in [9.17, 15) is 4.39 Å². The Morgan fingerprint density at radius 2 is 1.91 bits per heavy atom. The Kier molecular flexibility index (Phi) is 4.88. The fraction of sp³-hybridized carbons (Fsp3) is 0.375. The van der Waals surface area contributed by atoms with Crippen molar-refractivity contribution in [2.75, 3.05) is 6.61 Å². The zero-order valence-electron chi connectivity index (χ0n) is 18.3. The van der Waals surface area contributed by atoms with Gasteiger partial charge in [-0.25, -0.2) is 24.3 Å². The highest BCUT2D eigenvalue weighted by atomic mass is 35.5. The summed E-state index contributed by atoms with van der Waals surface area (Å²) in [6, 6.07) is 5.08. The minimum Gasteiger partial charge on any atom is -0.373 e. The van der Waals surface area contributed by atoms with Crippen molar-refractivity contribution >= 4 is 22.8 Å². The van der Waals surface area contributed by atoms with Crippen LogP contribution in [0.25, 0.3) is 22.4 Å². The second-order valence-corrected chi connectivity index (χ2v) is 9.30. The third kappa shape index (κ3) is 3.77. The maximum Gasteiger partial charge on any atom is 0.182 e. The summed E-state index contributed by atoms with van der Waals surface area (Å²) in [4.78, 5) is 18.8. The molecule has 0 unspecified atom stereocenters. The maximum absolute atomic E-state index is 14.9. The van der Waals surface area contributed by atoms with Crippen LogP contribution in [0.4, 0.5) is 4.39 Å². The van der Waals surface area contributed by atoms with E-state index in [4.69, 9.17) is 26.3 Å². The van der Waals surface area contributed by atoms with E-state index in [1.165, 1.54) is 18.9 Å². The van der Waals surface area contributed by atoms with E-state index in [2.05, 4.69) is 21.3 Å². The van der Waals surface area contributed by atoms with Gasteiger partial charge in [-0.05, 0) is 51.3 Å². The first kappa shape index (κ1) is 20.6. The smallest absolute Gasteiger partial charge is 0.182 e. The lowest BCUT2D eigenvalue weighted by atomic mass is 10.0. The fourth-order valence-corrected chi connectivity index (χ4v) is 4.44. The van der Waals surface area contributed by atoms with Gasteiger partial charge >= 0.3 is 0 Å². The number of hydrogen-bond donors (Lipinski definition) is 0. The number of ether oxygens (including phenoxy) is 1. The number of nitrogens with zero attached hydrogens (tertiary/aromatic N) is 6. The molecule has 1 saturated carbocycles. The third-order valence-corrected chi connectivity index (χ3v) is 6.66. The summed E-state index contributed by atoms with van der Waals surface area (Å²) in [5, 5.41) is 4.81. The fourth-order valence-electron chi connectivity index (χ4n) is 4.28. The summed E-state index contributed by atoms with van der Waals surface area (Å²) < 4.78 is 23.0. The first-order valence-corrected chi connectivity index (χ1v) is 11.5. The molecule has 4 heterocycles. The topological polar surface area (TPSA) is 78.6 Å². The monoisotopic (exact) mass is 464 g/mol. The van der Waals surface area contributed by atoms with Gasteiger partial charge in [0.05, 0.1) is 36.3 Å². The number of fused-ring (bicyclic) bond motifs is 1. The zero-order valence-corrected chi connectivity index (χ0v) is 19.1. The molecule has 9 heteroatoms. The number of aromatic nitrogens is 6. The lowest BCUT2D eigenvalue weighted by molar-refractivity contribution is 0.110. The zero-order chi connectivity index (χ0) is 22.7. The average Bonchev–Trinajstić information content (AvgIpc) is 3.31. The third-order valence-electron chi connectivity index (χ3n) is 6.42. The number of rotatable bonds is 4. The molecular formula is C24H22ClFN6O. The van der Waals surface area contributed by atoms with E-state index in [1.807, 2.05) is 24.7 Å². The summed E-state index contributed by atoms with van der Waals surface area (Å²) >= 11 is 5.98. The maximum atomic E-state index is 14.9. The average molecular weight is 465 g/mol. The lowest BCUT2D eigenvalue weighted by Gasteiger charge is -2.13. The van der Waals surface area contributed by atoms with Gasteiger partial charge in [0.1, 0.15) is 22.9 Å². The van der Waals surface area contributed by atoms with Gasteiger partial charge in [0, 0.05) is 28.3 Å². The van der Waals surface area contributed by atoms with Crippen molar-refractivity contribution in [3.8, 4) is 11.3 Å². The Balaban J connectivity index is 1.40. The predicted molar refractivity (Wildman–Crippen MR) is 122 cm³/mol. The highest BCUT2D eigenvalue weighted by Crippen LogP contribution is 2.40. The van der Waals surface area contributed by atoms with Crippen LogP contribution < -0.4 is 0 Å². The summed E-state index contributed by atoms with van der Waals surface area (Å²) in [6.07, 6.45) is 7.00. The molecule has 0 bridgehead atoms. The van der Waals surface area contributed by atoms with Crippen molar-refractivity contribution in [3.05, 3.63) is 64.2 Å². The molecule has 0 amide bonds. The molecule has 0 N–H and O–H groups in total. The van der Waals surface area contributed by atoms with E-state index in [-0.39, 0.29) is 12.0 Å². The van der Waals surface area contributed by atoms with Gasteiger partial charge in [-0.2, -0.15) is 5.10 Å². The Morgan fingerprint density at radius 1 is 1.09 bits per heavy atom. The molecule has 6 rings (SSSR count). The van der Waals surface area contributed by atoms with Crippen molar-refractivity contribution in [2.24, 2.45) is 0 Å². The van der Waals surface area contributed by atoms with E-state index in [0.29, 0.717) is 45.9 Å². The second-order valence-electron chi connectivity index (χ2n) is 8.86. The van der Waals surface area contributed by atoms with Crippen LogP contribution in [0, 0.1) is 19.7 Å². The minimum absolute atomic E-state index is 0.0406. The number of aryl methyl sites for hydroxylation is 2. The molecule has 4 aromatic rings. The largest absolute Gasteiger partial charge is 0.373 e. The van der Waals surface area contributed by atoms with Crippen LogP contribution in [0.2, 0.25) is 5.02 Å². The molecule has 2 atom stereocenters. The van der Waals surface area contributed by atoms with Crippen LogP contribution in [0.5, 0.6) is 0 Å². The second kappa shape index (κ2) is 7.81. The van der Waals surface area contributed by atoms with E-state index >= 15 is 0 Å². The van der Waals surface area contributed by atoms with Crippen molar-refractivity contribution < 1.29 is 9.13 Å². The molecule has 2 aliphatic rings. The first-order valence-electron chi connectivity index (χ1n) is 11.1. The Hall–Kier alpha value is -2.97. The van der Waals surface area contributed by atoms with Crippen molar-refractivity contribution in [1.29, 1.82) is 0 Å². The van der Waals surface area contributed by atoms with Gasteiger partial charge in [-0.15, -0.1) is 0 Å².